The minimum absolute atomic E-state index is 0.117. The third-order valence-corrected chi connectivity index (χ3v) is 4.21. The van der Waals surface area contributed by atoms with Crippen LogP contribution < -0.4 is 5.73 Å². The monoisotopic (exact) mass is 242 g/mol. The van der Waals surface area contributed by atoms with Gasteiger partial charge in [0.15, 0.2) is 0 Å². The van der Waals surface area contributed by atoms with E-state index in [4.69, 9.17) is 10.5 Å². The first kappa shape index (κ1) is 13.3. The molecule has 2 rings (SSSR count). The highest BCUT2D eigenvalue weighted by Crippen LogP contribution is 2.35. The minimum atomic E-state index is -0.344. The second-order valence-electron chi connectivity index (χ2n) is 5.73. The molecule has 0 aromatic rings. The summed E-state index contributed by atoms with van der Waals surface area (Å²) in [5, 5.41) is 9.41. The van der Waals surface area contributed by atoms with E-state index in [9.17, 15) is 5.11 Å². The molecule has 2 aliphatic rings. The Morgan fingerprint density at radius 2 is 2.12 bits per heavy atom. The molecule has 4 heteroatoms. The molecular formula is C13H26N2O2. The van der Waals surface area contributed by atoms with Gasteiger partial charge in [-0.1, -0.05) is 0 Å². The Morgan fingerprint density at radius 1 is 1.35 bits per heavy atom. The maximum Gasteiger partial charge on any atom is 0.0611 e. The third kappa shape index (κ3) is 3.41. The van der Waals surface area contributed by atoms with Gasteiger partial charge in [0, 0.05) is 31.3 Å². The molecule has 0 amide bonds. The lowest BCUT2D eigenvalue weighted by Gasteiger charge is -2.42. The van der Waals surface area contributed by atoms with Crippen LogP contribution in [0.4, 0.5) is 0 Å². The molecule has 100 valence electrons. The van der Waals surface area contributed by atoms with E-state index in [1.807, 2.05) is 0 Å². The molecular weight excluding hydrogens is 216 g/mol. The molecule has 0 aromatic carbocycles. The summed E-state index contributed by atoms with van der Waals surface area (Å²) in [4.78, 5) is 2.57. The molecule has 2 saturated carbocycles. The van der Waals surface area contributed by atoms with Crippen molar-refractivity contribution in [3.8, 4) is 0 Å². The maximum absolute atomic E-state index is 9.41. The first-order chi connectivity index (χ1) is 8.18. The molecule has 2 aliphatic carbocycles. The molecule has 0 aromatic heterocycles. The van der Waals surface area contributed by atoms with E-state index in [-0.39, 0.29) is 12.1 Å². The topological polar surface area (TPSA) is 58.7 Å². The molecule has 4 nitrogen and oxygen atoms in total. The van der Waals surface area contributed by atoms with Crippen LogP contribution in [0.15, 0.2) is 0 Å². The van der Waals surface area contributed by atoms with Gasteiger partial charge in [-0.2, -0.15) is 0 Å². The SMILES string of the molecule is COCCN(C1CC1)C1CCCC(N)(CO)C1. The highest BCUT2D eigenvalue weighted by molar-refractivity contribution is 4.97. The maximum atomic E-state index is 9.41. The van der Waals surface area contributed by atoms with Gasteiger partial charge < -0.3 is 15.6 Å². The van der Waals surface area contributed by atoms with Crippen molar-refractivity contribution in [2.24, 2.45) is 5.73 Å². The Balaban J connectivity index is 1.93. The average molecular weight is 242 g/mol. The van der Waals surface area contributed by atoms with Gasteiger partial charge >= 0.3 is 0 Å². The zero-order valence-electron chi connectivity index (χ0n) is 10.9. The summed E-state index contributed by atoms with van der Waals surface area (Å²) >= 11 is 0. The van der Waals surface area contributed by atoms with Crippen LogP contribution >= 0.6 is 0 Å². The second kappa shape index (κ2) is 5.65. The fourth-order valence-electron chi connectivity index (χ4n) is 3.06. The number of nitrogens with two attached hydrogens (primary N) is 1. The van der Waals surface area contributed by atoms with Crippen LogP contribution in [-0.4, -0.2) is 54.5 Å². The van der Waals surface area contributed by atoms with Crippen molar-refractivity contribution in [2.75, 3.05) is 26.9 Å². The average Bonchev–Trinajstić information content (AvgIpc) is 3.14. The predicted octanol–water partition coefficient (Wildman–Crippen LogP) is 0.730. The number of nitrogens with zero attached hydrogens (tertiary/aromatic N) is 1. The molecule has 2 fully saturated rings. The molecule has 0 spiro atoms. The molecule has 0 saturated heterocycles. The summed E-state index contributed by atoms with van der Waals surface area (Å²) in [6.07, 6.45) is 6.89. The number of hydrogen-bond donors (Lipinski definition) is 2. The summed E-state index contributed by atoms with van der Waals surface area (Å²) in [5.74, 6) is 0. The second-order valence-corrected chi connectivity index (χ2v) is 5.73. The van der Waals surface area contributed by atoms with E-state index >= 15 is 0 Å². The molecule has 2 unspecified atom stereocenters. The van der Waals surface area contributed by atoms with Crippen LogP contribution in [0.5, 0.6) is 0 Å². The minimum Gasteiger partial charge on any atom is -0.394 e. The largest absolute Gasteiger partial charge is 0.394 e. The Hall–Kier alpha value is -0.160. The lowest BCUT2D eigenvalue weighted by atomic mass is 9.79. The van der Waals surface area contributed by atoms with Gasteiger partial charge in [-0.15, -0.1) is 0 Å². The van der Waals surface area contributed by atoms with E-state index in [1.165, 1.54) is 19.3 Å². The molecule has 0 radical (unpaired) electrons. The zero-order chi connectivity index (χ0) is 12.3. The lowest BCUT2D eigenvalue weighted by Crippen LogP contribution is -2.54. The van der Waals surface area contributed by atoms with E-state index in [0.717, 1.165) is 38.5 Å². The zero-order valence-corrected chi connectivity index (χ0v) is 10.9. The summed E-state index contributed by atoms with van der Waals surface area (Å²) in [6, 6.07) is 1.29. The first-order valence-electron chi connectivity index (χ1n) is 6.83. The predicted molar refractivity (Wildman–Crippen MR) is 67.9 cm³/mol. The molecule has 2 atom stereocenters. The van der Waals surface area contributed by atoms with Crippen molar-refractivity contribution >= 4 is 0 Å². The van der Waals surface area contributed by atoms with E-state index < -0.39 is 0 Å². The third-order valence-electron chi connectivity index (χ3n) is 4.21. The fourth-order valence-corrected chi connectivity index (χ4v) is 3.06. The van der Waals surface area contributed by atoms with Gasteiger partial charge in [-0.25, -0.2) is 0 Å². The van der Waals surface area contributed by atoms with Gasteiger partial charge in [0.25, 0.3) is 0 Å². The van der Waals surface area contributed by atoms with Gasteiger partial charge in [0.2, 0.25) is 0 Å². The van der Waals surface area contributed by atoms with E-state index in [0.29, 0.717) is 6.04 Å². The van der Waals surface area contributed by atoms with Crippen LogP contribution in [0.25, 0.3) is 0 Å². The summed E-state index contributed by atoms with van der Waals surface area (Å²) in [5.41, 5.74) is 5.88. The molecule has 17 heavy (non-hydrogen) atoms. The van der Waals surface area contributed by atoms with Crippen LogP contribution in [0, 0.1) is 0 Å². The van der Waals surface area contributed by atoms with Crippen molar-refractivity contribution in [2.45, 2.75) is 56.1 Å². The molecule has 0 bridgehead atoms. The first-order valence-corrected chi connectivity index (χ1v) is 6.83. The molecule has 3 N–H and O–H groups in total. The summed E-state index contributed by atoms with van der Waals surface area (Å²) < 4.78 is 5.20. The quantitative estimate of drug-likeness (QED) is 0.721. The van der Waals surface area contributed by atoms with Crippen molar-refractivity contribution < 1.29 is 9.84 Å². The summed E-state index contributed by atoms with van der Waals surface area (Å²) in [6.45, 7) is 1.92. The van der Waals surface area contributed by atoms with Gasteiger partial charge in [0.05, 0.1) is 13.2 Å². The highest BCUT2D eigenvalue weighted by atomic mass is 16.5. The van der Waals surface area contributed by atoms with Crippen molar-refractivity contribution in [1.29, 1.82) is 0 Å². The van der Waals surface area contributed by atoms with Crippen LogP contribution in [0.2, 0.25) is 0 Å². The van der Waals surface area contributed by atoms with E-state index in [2.05, 4.69) is 4.90 Å². The highest BCUT2D eigenvalue weighted by Gasteiger charge is 2.39. The Bertz CT molecular complexity index is 246. The van der Waals surface area contributed by atoms with E-state index in [1.54, 1.807) is 7.11 Å². The number of aliphatic hydroxyl groups excluding tert-OH is 1. The van der Waals surface area contributed by atoms with Crippen molar-refractivity contribution in [3.05, 3.63) is 0 Å². The number of rotatable bonds is 6. The van der Waals surface area contributed by atoms with Gasteiger partial charge in [0.1, 0.15) is 0 Å². The van der Waals surface area contributed by atoms with Crippen molar-refractivity contribution in [3.63, 3.8) is 0 Å². The smallest absolute Gasteiger partial charge is 0.0611 e. The Morgan fingerprint density at radius 3 is 2.71 bits per heavy atom. The lowest BCUT2D eigenvalue weighted by molar-refractivity contribution is 0.0572. The van der Waals surface area contributed by atoms with Crippen LogP contribution in [0.3, 0.4) is 0 Å². The standard InChI is InChI=1S/C13H26N2O2/c1-17-8-7-15(11-4-5-11)12-3-2-6-13(14,9-12)10-16/h11-12,16H,2-10,14H2,1H3. The Labute approximate surface area is 104 Å². The Kier molecular flexibility index (Phi) is 4.42. The number of methoxy groups -OCH3 is 1. The number of ether oxygens (including phenoxy) is 1. The number of hydrogen-bond acceptors (Lipinski definition) is 4. The van der Waals surface area contributed by atoms with Gasteiger partial charge in [-0.05, 0) is 38.5 Å². The fraction of sp³-hybridized carbons (Fsp3) is 1.00. The van der Waals surface area contributed by atoms with Crippen LogP contribution in [-0.2, 0) is 4.74 Å². The summed E-state index contributed by atoms with van der Waals surface area (Å²) in [7, 11) is 1.76. The number of aliphatic hydroxyl groups is 1. The van der Waals surface area contributed by atoms with Crippen molar-refractivity contribution in [1.82, 2.24) is 4.90 Å². The normalized spacial score (nSPS) is 34.2. The molecule has 0 aliphatic heterocycles. The molecule has 0 heterocycles. The van der Waals surface area contributed by atoms with Gasteiger partial charge in [-0.3, -0.25) is 4.90 Å². The van der Waals surface area contributed by atoms with Crippen LogP contribution in [0.1, 0.15) is 38.5 Å².